The van der Waals surface area contributed by atoms with E-state index in [1.165, 1.54) is 6.92 Å². The zero-order chi connectivity index (χ0) is 25.9. The summed E-state index contributed by atoms with van der Waals surface area (Å²) in [6, 6.07) is 22.0. The van der Waals surface area contributed by atoms with Gasteiger partial charge in [0.25, 0.3) is 0 Å². The molecule has 1 fully saturated rings. The van der Waals surface area contributed by atoms with Gasteiger partial charge in [0.05, 0.1) is 18.0 Å². The monoisotopic (exact) mass is 513 g/mol. The van der Waals surface area contributed by atoms with Gasteiger partial charge in [-0.05, 0) is 30.2 Å². The van der Waals surface area contributed by atoms with Crippen LogP contribution in [0.4, 0.5) is 14.5 Å². The van der Waals surface area contributed by atoms with Crippen molar-refractivity contribution in [2.75, 3.05) is 36.7 Å². The van der Waals surface area contributed by atoms with Gasteiger partial charge in [0.1, 0.15) is 6.04 Å². The first kappa shape index (κ1) is 25.8. The summed E-state index contributed by atoms with van der Waals surface area (Å²) in [5, 5.41) is 0. The number of benzene rings is 3. The van der Waals surface area contributed by atoms with E-state index in [4.69, 9.17) is 0 Å². The molecular weight excluding hydrogens is 484 g/mol. The van der Waals surface area contributed by atoms with Gasteiger partial charge in [-0.1, -0.05) is 60.7 Å². The highest BCUT2D eigenvalue weighted by Gasteiger charge is 2.35. The Morgan fingerprint density at radius 2 is 1.36 bits per heavy atom. The Hall–Kier alpha value is -3.30. The van der Waals surface area contributed by atoms with Crippen molar-refractivity contribution in [1.29, 1.82) is 0 Å². The smallest absolute Gasteiger partial charge is 0.246 e. The van der Waals surface area contributed by atoms with E-state index in [0.717, 1.165) is 39.9 Å². The van der Waals surface area contributed by atoms with Crippen LogP contribution in [0.15, 0.2) is 78.9 Å². The summed E-state index contributed by atoms with van der Waals surface area (Å²) in [5.74, 6) is -2.66. The van der Waals surface area contributed by atoms with Crippen LogP contribution in [0.3, 0.4) is 0 Å². The fourth-order valence-electron chi connectivity index (χ4n) is 4.77. The lowest BCUT2D eigenvalue weighted by Gasteiger charge is -2.41. The van der Waals surface area contributed by atoms with Crippen molar-refractivity contribution in [2.24, 2.45) is 0 Å². The lowest BCUT2D eigenvalue weighted by Crippen LogP contribution is -2.55. The maximum Gasteiger partial charge on any atom is 0.246 e. The highest BCUT2D eigenvalue weighted by molar-refractivity contribution is 7.92. The summed E-state index contributed by atoms with van der Waals surface area (Å²) in [4.78, 5) is 17.3. The molecule has 0 aliphatic carbocycles. The minimum Gasteiger partial charge on any atom is -0.338 e. The van der Waals surface area contributed by atoms with E-state index in [0.29, 0.717) is 26.2 Å². The van der Waals surface area contributed by atoms with Gasteiger partial charge in [-0.25, -0.2) is 17.2 Å². The molecule has 0 bridgehead atoms. The van der Waals surface area contributed by atoms with Crippen molar-refractivity contribution < 1.29 is 22.0 Å². The summed E-state index contributed by atoms with van der Waals surface area (Å²) in [5.41, 5.74) is 2.21. The van der Waals surface area contributed by atoms with Crippen molar-refractivity contribution in [2.45, 2.75) is 19.0 Å². The number of amides is 1. The fraction of sp³-hybridized carbons (Fsp3) is 0.296. The van der Waals surface area contributed by atoms with Crippen LogP contribution in [0.25, 0.3) is 0 Å². The number of hydrogen-bond acceptors (Lipinski definition) is 4. The maximum absolute atomic E-state index is 13.8. The molecule has 0 unspecified atom stereocenters. The number of halogens is 2. The van der Waals surface area contributed by atoms with Crippen molar-refractivity contribution >= 4 is 21.6 Å². The number of carbonyl (C=O) groups is 1. The Bertz CT molecular complexity index is 1260. The topological polar surface area (TPSA) is 60.9 Å². The zero-order valence-corrected chi connectivity index (χ0v) is 21.0. The summed E-state index contributed by atoms with van der Waals surface area (Å²) in [6.07, 6.45) is 0.945. The minimum absolute atomic E-state index is 0.0248. The summed E-state index contributed by atoms with van der Waals surface area (Å²) >= 11 is 0. The van der Waals surface area contributed by atoms with E-state index in [9.17, 15) is 22.0 Å². The Balaban J connectivity index is 1.52. The third kappa shape index (κ3) is 5.57. The molecule has 1 heterocycles. The molecule has 4 rings (SSSR count). The highest BCUT2D eigenvalue weighted by atomic mass is 32.2. The lowest BCUT2D eigenvalue weighted by molar-refractivity contribution is -0.134. The molecule has 9 heteroatoms. The SMILES string of the molecule is C[C@H](C(=O)N1CCN(C(c2ccccc2)c2ccccc2)CC1)N(c1ccc(F)c(F)c1)S(C)(=O)=O. The first-order valence-electron chi connectivity index (χ1n) is 11.7. The van der Waals surface area contributed by atoms with Crippen molar-refractivity contribution in [3.8, 4) is 0 Å². The Morgan fingerprint density at radius 3 is 1.83 bits per heavy atom. The lowest BCUT2D eigenvalue weighted by atomic mass is 9.96. The van der Waals surface area contributed by atoms with E-state index >= 15 is 0 Å². The van der Waals surface area contributed by atoms with Crippen LogP contribution in [0.1, 0.15) is 24.1 Å². The molecule has 0 aromatic heterocycles. The first-order chi connectivity index (χ1) is 17.2. The van der Waals surface area contributed by atoms with Crippen LogP contribution in [-0.4, -0.2) is 62.6 Å². The number of anilines is 1. The van der Waals surface area contributed by atoms with Crippen LogP contribution >= 0.6 is 0 Å². The molecule has 1 atom stereocenters. The standard InChI is InChI=1S/C27H29F2N3O3S/c1-20(32(36(2,34)35)23-13-14-24(28)25(29)19-23)27(33)31-17-15-30(16-18-31)26(21-9-5-3-6-10-21)22-11-7-4-8-12-22/h3-14,19-20,26H,15-18H2,1-2H3/t20-/m1/s1. The summed E-state index contributed by atoms with van der Waals surface area (Å²) < 4.78 is 53.2. The summed E-state index contributed by atoms with van der Waals surface area (Å²) in [7, 11) is -3.94. The maximum atomic E-state index is 13.8. The average molecular weight is 514 g/mol. The van der Waals surface area contributed by atoms with Gasteiger partial charge < -0.3 is 4.90 Å². The third-order valence-electron chi connectivity index (χ3n) is 6.45. The molecule has 1 saturated heterocycles. The number of nitrogens with zero attached hydrogens (tertiary/aromatic N) is 3. The van der Waals surface area contributed by atoms with Crippen LogP contribution < -0.4 is 4.31 Å². The normalized spacial score (nSPS) is 15.6. The zero-order valence-electron chi connectivity index (χ0n) is 20.2. The number of carbonyl (C=O) groups excluding carboxylic acids is 1. The summed E-state index contributed by atoms with van der Waals surface area (Å²) in [6.45, 7) is 3.48. The Labute approximate surface area is 210 Å². The van der Waals surface area contributed by atoms with E-state index in [1.54, 1.807) is 4.90 Å². The van der Waals surface area contributed by atoms with Crippen LogP contribution in [-0.2, 0) is 14.8 Å². The van der Waals surface area contributed by atoms with Gasteiger partial charge >= 0.3 is 0 Å². The first-order valence-corrected chi connectivity index (χ1v) is 13.6. The van der Waals surface area contributed by atoms with Gasteiger partial charge in [0.15, 0.2) is 11.6 Å². The number of rotatable bonds is 7. The third-order valence-corrected chi connectivity index (χ3v) is 7.69. The second-order valence-electron chi connectivity index (χ2n) is 8.92. The molecule has 0 N–H and O–H groups in total. The van der Waals surface area contributed by atoms with Crippen molar-refractivity contribution in [1.82, 2.24) is 9.80 Å². The molecule has 190 valence electrons. The van der Waals surface area contributed by atoms with Gasteiger partial charge in [-0.15, -0.1) is 0 Å². The fourth-order valence-corrected chi connectivity index (χ4v) is 5.94. The number of hydrogen-bond donors (Lipinski definition) is 0. The number of piperazine rings is 1. The van der Waals surface area contributed by atoms with E-state index in [-0.39, 0.29) is 17.6 Å². The van der Waals surface area contributed by atoms with E-state index in [2.05, 4.69) is 29.2 Å². The van der Waals surface area contributed by atoms with E-state index in [1.807, 2.05) is 36.4 Å². The molecule has 1 aliphatic heterocycles. The average Bonchev–Trinajstić information content (AvgIpc) is 2.87. The Morgan fingerprint density at radius 1 is 0.833 bits per heavy atom. The Kier molecular flexibility index (Phi) is 7.70. The molecule has 3 aromatic carbocycles. The second-order valence-corrected chi connectivity index (χ2v) is 10.8. The van der Waals surface area contributed by atoms with Crippen LogP contribution in [0.5, 0.6) is 0 Å². The molecule has 3 aromatic rings. The van der Waals surface area contributed by atoms with Crippen LogP contribution in [0.2, 0.25) is 0 Å². The van der Waals surface area contributed by atoms with Gasteiger partial charge in [-0.3, -0.25) is 14.0 Å². The van der Waals surface area contributed by atoms with Gasteiger partial charge in [-0.2, -0.15) is 0 Å². The molecule has 36 heavy (non-hydrogen) atoms. The predicted octanol–water partition coefficient (Wildman–Crippen LogP) is 4.05. The molecular formula is C27H29F2N3O3S. The molecule has 1 aliphatic rings. The van der Waals surface area contributed by atoms with Gasteiger partial charge in [0, 0.05) is 32.2 Å². The molecule has 0 radical (unpaired) electrons. The quantitative estimate of drug-likeness (QED) is 0.478. The van der Waals surface area contributed by atoms with Crippen molar-refractivity contribution in [3.63, 3.8) is 0 Å². The predicted molar refractivity (Wildman–Crippen MR) is 136 cm³/mol. The minimum atomic E-state index is -3.94. The van der Waals surface area contributed by atoms with E-state index < -0.39 is 27.7 Å². The molecule has 0 saturated carbocycles. The van der Waals surface area contributed by atoms with Crippen molar-refractivity contribution in [3.05, 3.63) is 102 Å². The molecule has 0 spiro atoms. The highest BCUT2D eigenvalue weighted by Crippen LogP contribution is 2.30. The molecule has 6 nitrogen and oxygen atoms in total. The molecule has 1 amide bonds. The largest absolute Gasteiger partial charge is 0.338 e. The van der Waals surface area contributed by atoms with Crippen LogP contribution in [0, 0.1) is 11.6 Å². The number of sulfonamides is 1. The second kappa shape index (κ2) is 10.8. The van der Waals surface area contributed by atoms with Gasteiger partial charge in [0.2, 0.25) is 15.9 Å².